The highest BCUT2D eigenvalue weighted by molar-refractivity contribution is 5.81. The number of methoxy groups -OCH3 is 1. The van der Waals surface area contributed by atoms with E-state index in [0.29, 0.717) is 12.6 Å². The lowest BCUT2D eigenvalue weighted by Gasteiger charge is -2.36. The van der Waals surface area contributed by atoms with Crippen LogP contribution in [0.2, 0.25) is 0 Å². The SMILES string of the molecule is COC1CCN(CC(C)(C(=O)O)c2ccccc2)CC1. The third kappa shape index (κ3) is 3.19. The maximum absolute atomic E-state index is 11.8. The van der Waals surface area contributed by atoms with Crippen molar-refractivity contribution in [1.82, 2.24) is 4.90 Å². The fourth-order valence-corrected chi connectivity index (χ4v) is 2.84. The number of rotatable bonds is 5. The number of benzene rings is 1. The second-order valence-corrected chi connectivity index (χ2v) is 5.71. The predicted octanol–water partition coefficient (Wildman–Crippen LogP) is 2.14. The van der Waals surface area contributed by atoms with Crippen LogP contribution in [-0.2, 0) is 14.9 Å². The molecule has 110 valence electrons. The molecule has 1 aromatic carbocycles. The van der Waals surface area contributed by atoms with Gasteiger partial charge in [0.15, 0.2) is 0 Å². The van der Waals surface area contributed by atoms with Crippen LogP contribution in [0.15, 0.2) is 30.3 Å². The van der Waals surface area contributed by atoms with Crippen LogP contribution in [0.5, 0.6) is 0 Å². The van der Waals surface area contributed by atoms with Crippen LogP contribution in [0.1, 0.15) is 25.3 Å². The van der Waals surface area contributed by atoms with Gasteiger partial charge in [0, 0.05) is 26.7 Å². The molecule has 0 bridgehead atoms. The molecule has 1 saturated heterocycles. The molecular weight excluding hydrogens is 254 g/mol. The van der Waals surface area contributed by atoms with Gasteiger partial charge in [-0.15, -0.1) is 0 Å². The van der Waals surface area contributed by atoms with Crippen LogP contribution < -0.4 is 0 Å². The van der Waals surface area contributed by atoms with Gasteiger partial charge in [-0.05, 0) is 25.3 Å². The monoisotopic (exact) mass is 277 g/mol. The average molecular weight is 277 g/mol. The summed E-state index contributed by atoms with van der Waals surface area (Å²) in [6, 6.07) is 9.50. The minimum atomic E-state index is -0.860. The molecule has 1 unspecified atom stereocenters. The summed E-state index contributed by atoms with van der Waals surface area (Å²) in [5.41, 5.74) is 0.00242. The van der Waals surface area contributed by atoms with E-state index >= 15 is 0 Å². The lowest BCUT2D eigenvalue weighted by atomic mass is 9.81. The van der Waals surface area contributed by atoms with Crippen molar-refractivity contribution in [3.63, 3.8) is 0 Å². The number of hydrogen-bond acceptors (Lipinski definition) is 3. The number of carboxylic acid groups (broad SMARTS) is 1. The number of carboxylic acids is 1. The van der Waals surface area contributed by atoms with Gasteiger partial charge in [0.05, 0.1) is 6.10 Å². The second-order valence-electron chi connectivity index (χ2n) is 5.71. The summed E-state index contributed by atoms with van der Waals surface area (Å²) in [6.07, 6.45) is 2.26. The normalized spacial score (nSPS) is 20.5. The highest BCUT2D eigenvalue weighted by atomic mass is 16.5. The summed E-state index contributed by atoms with van der Waals surface area (Å²) in [7, 11) is 1.74. The number of likely N-dealkylation sites (tertiary alicyclic amines) is 1. The molecule has 1 aromatic rings. The Labute approximate surface area is 120 Å². The van der Waals surface area contributed by atoms with E-state index in [2.05, 4.69) is 4.90 Å². The van der Waals surface area contributed by atoms with E-state index in [9.17, 15) is 9.90 Å². The Morgan fingerprint density at radius 2 is 1.95 bits per heavy atom. The Bertz CT molecular complexity index is 440. The summed E-state index contributed by atoms with van der Waals surface area (Å²) >= 11 is 0. The van der Waals surface area contributed by atoms with Crippen LogP contribution in [0.25, 0.3) is 0 Å². The standard InChI is InChI=1S/C16H23NO3/c1-16(15(18)19,13-6-4-3-5-7-13)12-17-10-8-14(20-2)9-11-17/h3-7,14H,8-12H2,1-2H3,(H,18,19). The Kier molecular flexibility index (Phi) is 4.78. The topological polar surface area (TPSA) is 49.8 Å². The van der Waals surface area contributed by atoms with Crippen molar-refractivity contribution in [2.45, 2.75) is 31.3 Å². The molecular formula is C16H23NO3. The number of carbonyl (C=O) groups is 1. The molecule has 1 aliphatic rings. The van der Waals surface area contributed by atoms with E-state index in [1.807, 2.05) is 37.3 Å². The minimum Gasteiger partial charge on any atom is -0.481 e. The van der Waals surface area contributed by atoms with Crippen LogP contribution in [0.3, 0.4) is 0 Å². The molecule has 4 nitrogen and oxygen atoms in total. The van der Waals surface area contributed by atoms with E-state index in [1.54, 1.807) is 7.11 Å². The molecule has 4 heteroatoms. The van der Waals surface area contributed by atoms with E-state index < -0.39 is 11.4 Å². The first-order valence-corrected chi connectivity index (χ1v) is 7.10. The average Bonchev–Trinajstić information content (AvgIpc) is 2.48. The summed E-state index contributed by atoms with van der Waals surface area (Å²) in [5, 5.41) is 9.66. The van der Waals surface area contributed by atoms with E-state index in [4.69, 9.17) is 4.74 Å². The Hall–Kier alpha value is -1.39. The summed E-state index contributed by atoms with van der Waals surface area (Å²) in [6.45, 7) is 4.15. The maximum Gasteiger partial charge on any atom is 0.315 e. The van der Waals surface area contributed by atoms with Crippen molar-refractivity contribution in [1.29, 1.82) is 0 Å². The maximum atomic E-state index is 11.8. The Morgan fingerprint density at radius 3 is 2.45 bits per heavy atom. The molecule has 1 aliphatic heterocycles. The summed E-state index contributed by atoms with van der Waals surface area (Å²) < 4.78 is 5.36. The van der Waals surface area contributed by atoms with Gasteiger partial charge in [-0.25, -0.2) is 0 Å². The quantitative estimate of drug-likeness (QED) is 0.896. The number of aliphatic carboxylic acids is 1. The van der Waals surface area contributed by atoms with Crippen LogP contribution in [-0.4, -0.2) is 48.8 Å². The molecule has 1 heterocycles. The molecule has 2 rings (SSSR count). The largest absolute Gasteiger partial charge is 0.481 e. The molecule has 0 radical (unpaired) electrons. The van der Waals surface area contributed by atoms with Gasteiger partial charge in [-0.3, -0.25) is 4.79 Å². The molecule has 0 spiro atoms. The number of ether oxygens (including phenoxy) is 1. The van der Waals surface area contributed by atoms with Gasteiger partial charge in [0.25, 0.3) is 0 Å². The van der Waals surface area contributed by atoms with Crippen molar-refractivity contribution in [2.24, 2.45) is 0 Å². The third-order valence-corrected chi connectivity index (χ3v) is 4.29. The van der Waals surface area contributed by atoms with Crippen LogP contribution in [0.4, 0.5) is 0 Å². The molecule has 1 atom stereocenters. The Morgan fingerprint density at radius 1 is 1.35 bits per heavy atom. The van der Waals surface area contributed by atoms with Crippen molar-refractivity contribution in [3.05, 3.63) is 35.9 Å². The van der Waals surface area contributed by atoms with Crippen LogP contribution in [0, 0.1) is 0 Å². The molecule has 20 heavy (non-hydrogen) atoms. The zero-order chi connectivity index (χ0) is 14.6. The van der Waals surface area contributed by atoms with Gasteiger partial charge in [-0.1, -0.05) is 30.3 Å². The lowest BCUT2D eigenvalue weighted by molar-refractivity contribution is -0.144. The zero-order valence-electron chi connectivity index (χ0n) is 12.2. The third-order valence-electron chi connectivity index (χ3n) is 4.29. The molecule has 0 aromatic heterocycles. The Balaban J connectivity index is 2.09. The molecule has 0 amide bonds. The van der Waals surface area contributed by atoms with Crippen LogP contribution >= 0.6 is 0 Å². The van der Waals surface area contributed by atoms with Crippen molar-refractivity contribution in [3.8, 4) is 0 Å². The summed E-state index contributed by atoms with van der Waals surface area (Å²) in [4.78, 5) is 14.0. The van der Waals surface area contributed by atoms with E-state index in [1.165, 1.54) is 0 Å². The number of piperidine rings is 1. The molecule has 1 N–H and O–H groups in total. The number of nitrogens with zero attached hydrogens (tertiary/aromatic N) is 1. The van der Waals surface area contributed by atoms with Crippen molar-refractivity contribution in [2.75, 3.05) is 26.7 Å². The second kappa shape index (κ2) is 6.37. The fourth-order valence-electron chi connectivity index (χ4n) is 2.84. The van der Waals surface area contributed by atoms with Crippen molar-refractivity contribution >= 4 is 5.97 Å². The number of hydrogen-bond donors (Lipinski definition) is 1. The van der Waals surface area contributed by atoms with Gasteiger partial charge in [0.2, 0.25) is 0 Å². The smallest absolute Gasteiger partial charge is 0.315 e. The summed E-state index contributed by atoms with van der Waals surface area (Å²) in [5.74, 6) is -0.766. The van der Waals surface area contributed by atoms with Crippen molar-refractivity contribution < 1.29 is 14.6 Å². The van der Waals surface area contributed by atoms with E-state index in [0.717, 1.165) is 31.5 Å². The molecule has 0 aliphatic carbocycles. The highest BCUT2D eigenvalue weighted by Crippen LogP contribution is 2.27. The molecule has 0 saturated carbocycles. The fraction of sp³-hybridized carbons (Fsp3) is 0.562. The lowest BCUT2D eigenvalue weighted by Crippen LogP contribution is -2.48. The first-order chi connectivity index (χ1) is 9.56. The zero-order valence-corrected chi connectivity index (χ0v) is 12.2. The van der Waals surface area contributed by atoms with Gasteiger partial charge >= 0.3 is 5.97 Å². The predicted molar refractivity (Wildman–Crippen MR) is 77.9 cm³/mol. The van der Waals surface area contributed by atoms with Gasteiger partial charge in [-0.2, -0.15) is 0 Å². The minimum absolute atomic E-state index is 0.319. The van der Waals surface area contributed by atoms with E-state index in [-0.39, 0.29) is 0 Å². The highest BCUT2D eigenvalue weighted by Gasteiger charge is 2.37. The first-order valence-electron chi connectivity index (χ1n) is 7.10. The molecule has 1 fully saturated rings. The van der Waals surface area contributed by atoms with Gasteiger partial charge in [0.1, 0.15) is 5.41 Å². The van der Waals surface area contributed by atoms with Gasteiger partial charge < -0.3 is 14.7 Å². The first kappa shape index (κ1) is 15.0.